The van der Waals surface area contributed by atoms with Crippen LogP contribution >= 0.6 is 0 Å². The van der Waals surface area contributed by atoms with Gasteiger partial charge in [0.25, 0.3) is 5.91 Å². The van der Waals surface area contributed by atoms with Crippen LogP contribution in [0.3, 0.4) is 0 Å². The van der Waals surface area contributed by atoms with E-state index in [1.165, 1.54) is 33.6 Å². The number of ether oxygens (including phenoxy) is 4. The molecule has 2 aliphatic rings. The lowest BCUT2D eigenvalue weighted by Crippen LogP contribution is -2.38. The van der Waals surface area contributed by atoms with Crippen LogP contribution in [0.15, 0.2) is 63.2 Å². The minimum absolute atomic E-state index is 0.0700. The van der Waals surface area contributed by atoms with Crippen LogP contribution in [0.25, 0.3) is 0 Å². The lowest BCUT2D eigenvalue weighted by atomic mass is 9.84. The number of aliphatic hydroxyl groups is 1. The minimum Gasteiger partial charge on any atom is -0.492 e. The second-order valence-electron chi connectivity index (χ2n) is 14.6. The summed E-state index contributed by atoms with van der Waals surface area (Å²) in [7, 11) is 4.28. The van der Waals surface area contributed by atoms with E-state index in [0.717, 1.165) is 51.4 Å². The normalized spacial score (nSPS) is 27.3. The number of hydrogen-bond donors (Lipinski definition) is 3. The number of nitrogens with two attached hydrogens (primary N) is 1. The topological polar surface area (TPSA) is 179 Å². The van der Waals surface area contributed by atoms with Crippen LogP contribution in [0.2, 0.25) is 0 Å². The van der Waals surface area contributed by atoms with Crippen LogP contribution in [-0.4, -0.2) is 98.7 Å². The van der Waals surface area contributed by atoms with Crippen molar-refractivity contribution in [1.82, 2.24) is 10.3 Å². The number of primary amides is 1. The van der Waals surface area contributed by atoms with Gasteiger partial charge in [0, 0.05) is 44.4 Å². The molecule has 1 aliphatic carbocycles. The summed E-state index contributed by atoms with van der Waals surface area (Å²) in [6.45, 7) is 12.7. The first-order valence-corrected chi connectivity index (χ1v) is 19.7. The van der Waals surface area contributed by atoms with Crippen LogP contribution in [0.5, 0.6) is 0 Å². The molecular weight excluding hydrogens is 704 g/mol. The predicted octanol–water partition coefficient (Wildman–Crippen LogP) is 6.23. The smallest absolute Gasteiger partial charge is 0.405 e. The third-order valence-corrected chi connectivity index (χ3v) is 10.0. The van der Waals surface area contributed by atoms with E-state index in [9.17, 15) is 24.3 Å². The standard InChI is InChI=1S/C42H66N4O9/c1-10-12-14-16-21-46(22-17-15-13-11-2)44-26-32-35-37(48)31(40(54-9)38(32)49)23-27(3)24-34(53-8)36(47)29(5)25-30(6)39(55-42(43)51)33(52-7)20-18-19-28(4)41(50)45-35/h18-20,25-27,29,33-34,36,39,47H,10-17,21-24H2,1-9H3,(H2,43,51)(H,45,50)/b20-18-,28-19+,30-25+,44-26-. The zero-order valence-corrected chi connectivity index (χ0v) is 34.5. The molecule has 1 aliphatic heterocycles. The molecule has 0 aromatic heterocycles. The summed E-state index contributed by atoms with van der Waals surface area (Å²) in [5.74, 6) is -2.58. The van der Waals surface area contributed by atoms with E-state index in [1.807, 2.05) is 18.9 Å². The average Bonchev–Trinajstić information content (AvgIpc) is 3.15. The molecule has 0 spiro atoms. The first-order valence-electron chi connectivity index (χ1n) is 19.7. The van der Waals surface area contributed by atoms with Crippen molar-refractivity contribution in [3.63, 3.8) is 0 Å². The monoisotopic (exact) mass is 770 g/mol. The van der Waals surface area contributed by atoms with Gasteiger partial charge >= 0.3 is 6.09 Å². The Morgan fingerprint density at radius 3 is 2.16 bits per heavy atom. The molecule has 6 atom stereocenters. The second kappa shape index (κ2) is 24.4. The maximum Gasteiger partial charge on any atom is 0.405 e. The van der Waals surface area contributed by atoms with Gasteiger partial charge in [0.2, 0.25) is 11.6 Å². The van der Waals surface area contributed by atoms with Crippen molar-refractivity contribution in [3.8, 4) is 0 Å². The highest BCUT2D eigenvalue weighted by atomic mass is 16.6. The average molecular weight is 771 g/mol. The van der Waals surface area contributed by atoms with E-state index in [2.05, 4.69) is 19.2 Å². The fourth-order valence-electron chi connectivity index (χ4n) is 6.80. The number of carbonyl (C=O) groups is 4. The number of carbonyl (C=O) groups excluding carboxylic acids is 4. The van der Waals surface area contributed by atoms with Crippen LogP contribution in [0, 0.1) is 11.8 Å². The van der Waals surface area contributed by atoms with Gasteiger partial charge in [-0.25, -0.2) is 4.79 Å². The Kier molecular flexibility index (Phi) is 20.9. The third kappa shape index (κ3) is 14.5. The summed E-state index contributed by atoms with van der Waals surface area (Å²) in [5, 5.41) is 20.8. The predicted molar refractivity (Wildman–Crippen MR) is 214 cm³/mol. The summed E-state index contributed by atoms with van der Waals surface area (Å²) < 4.78 is 22.4. The maximum atomic E-state index is 14.4. The summed E-state index contributed by atoms with van der Waals surface area (Å²) in [6, 6.07) is 0. The van der Waals surface area contributed by atoms with Crippen molar-refractivity contribution >= 4 is 29.8 Å². The first-order chi connectivity index (χ1) is 26.2. The number of fused-ring (bicyclic) bond motifs is 2. The molecule has 13 heteroatoms. The number of rotatable bonds is 16. The van der Waals surface area contributed by atoms with E-state index in [1.54, 1.807) is 32.1 Å². The number of hydrogen-bond acceptors (Lipinski definition) is 11. The zero-order chi connectivity index (χ0) is 41.1. The summed E-state index contributed by atoms with van der Waals surface area (Å²) >= 11 is 0. The number of aliphatic hydroxyl groups excluding tert-OH is 1. The highest BCUT2D eigenvalue weighted by Crippen LogP contribution is 2.31. The fraction of sp³-hybridized carbons (Fsp3) is 0.643. The van der Waals surface area contributed by atoms with Crippen molar-refractivity contribution in [2.75, 3.05) is 34.4 Å². The fourth-order valence-corrected chi connectivity index (χ4v) is 6.80. The Balaban J connectivity index is 2.73. The van der Waals surface area contributed by atoms with Gasteiger partial charge in [0.15, 0.2) is 11.9 Å². The Morgan fingerprint density at radius 1 is 0.982 bits per heavy atom. The van der Waals surface area contributed by atoms with E-state index >= 15 is 0 Å². The van der Waals surface area contributed by atoms with E-state index in [-0.39, 0.29) is 40.5 Å². The van der Waals surface area contributed by atoms with Gasteiger partial charge in [-0.2, -0.15) is 5.10 Å². The van der Waals surface area contributed by atoms with E-state index in [0.29, 0.717) is 25.1 Å². The Hall–Kier alpha value is -4.07. The molecular formula is C42H66N4O9. The number of methoxy groups -OCH3 is 3. The molecule has 308 valence electrons. The maximum absolute atomic E-state index is 14.4. The Morgan fingerprint density at radius 2 is 1.62 bits per heavy atom. The number of amides is 2. The zero-order valence-electron chi connectivity index (χ0n) is 34.5. The second-order valence-corrected chi connectivity index (χ2v) is 14.6. The highest BCUT2D eigenvalue weighted by molar-refractivity contribution is 6.32. The minimum atomic E-state index is -1.01. The Bertz CT molecular complexity index is 1480. The van der Waals surface area contributed by atoms with Gasteiger partial charge in [-0.1, -0.05) is 90.5 Å². The van der Waals surface area contributed by atoms with E-state index in [4.69, 9.17) is 29.8 Å². The van der Waals surface area contributed by atoms with Gasteiger partial charge < -0.3 is 35.1 Å². The van der Waals surface area contributed by atoms with Crippen molar-refractivity contribution in [1.29, 1.82) is 0 Å². The molecule has 13 nitrogen and oxygen atoms in total. The van der Waals surface area contributed by atoms with E-state index < -0.39 is 53.9 Å². The van der Waals surface area contributed by atoms with Gasteiger partial charge in [-0.05, 0) is 51.0 Å². The van der Waals surface area contributed by atoms with Crippen molar-refractivity contribution in [2.45, 2.75) is 130 Å². The number of ketones is 2. The van der Waals surface area contributed by atoms with Crippen molar-refractivity contribution < 1.29 is 43.2 Å². The molecule has 6 unspecified atom stereocenters. The SMILES string of the molecule is CCCCCCN(CCCCCC)/N=C\C1=C2NC(=O)/C(C)=C/C=C\C(OC)C(OC(N)=O)/C(C)=C/C(C)C(O)C(OC)CC(C)CC(=C(OC)C1=O)C2=O. The number of nitrogens with one attached hydrogen (secondary N) is 1. The lowest BCUT2D eigenvalue weighted by molar-refractivity contribution is -0.121. The molecule has 0 saturated heterocycles. The largest absolute Gasteiger partial charge is 0.492 e. The molecule has 0 aromatic rings. The molecule has 55 heavy (non-hydrogen) atoms. The van der Waals surface area contributed by atoms with Gasteiger partial charge in [-0.15, -0.1) is 0 Å². The lowest BCUT2D eigenvalue weighted by Gasteiger charge is -2.30. The molecule has 2 rings (SSSR count). The summed E-state index contributed by atoms with van der Waals surface area (Å²) in [4.78, 5) is 54.2. The number of Topliss-reactive ketones (excluding diaryl/α,β-unsaturated/α-hetero) is 2. The third-order valence-electron chi connectivity index (χ3n) is 10.0. The number of allylic oxidation sites excluding steroid dienone is 4. The van der Waals surface area contributed by atoms with Crippen LogP contribution < -0.4 is 11.1 Å². The molecule has 1 heterocycles. The molecule has 0 fully saturated rings. The van der Waals surface area contributed by atoms with Crippen molar-refractivity contribution in [2.24, 2.45) is 22.7 Å². The van der Waals surface area contributed by atoms with Gasteiger partial charge in [-0.3, -0.25) is 19.4 Å². The molecule has 0 aromatic carbocycles. The number of nitrogens with zero attached hydrogens (tertiary/aromatic N) is 2. The highest BCUT2D eigenvalue weighted by Gasteiger charge is 2.38. The first kappa shape index (κ1) is 47.1. The van der Waals surface area contributed by atoms with Gasteiger partial charge in [0.05, 0.1) is 31.1 Å². The summed E-state index contributed by atoms with van der Waals surface area (Å²) in [6.07, 6.45) is 12.2. The van der Waals surface area contributed by atoms with Crippen LogP contribution in [-0.2, 0) is 33.3 Å². The summed E-state index contributed by atoms with van der Waals surface area (Å²) in [5.41, 5.74) is 6.08. The number of unbranched alkanes of at least 4 members (excludes halogenated alkanes) is 6. The van der Waals surface area contributed by atoms with Gasteiger partial charge in [0.1, 0.15) is 11.8 Å². The molecule has 2 amide bonds. The van der Waals surface area contributed by atoms with Crippen LogP contribution in [0.4, 0.5) is 4.79 Å². The quantitative estimate of drug-likeness (QED) is 0.0536. The number of hydrazone groups is 1. The van der Waals surface area contributed by atoms with Crippen LogP contribution in [0.1, 0.15) is 106 Å². The Labute approximate surface area is 328 Å². The molecule has 0 saturated carbocycles. The molecule has 4 N–H and O–H groups in total. The van der Waals surface area contributed by atoms with Crippen molar-refractivity contribution in [3.05, 3.63) is 58.1 Å². The molecule has 2 bridgehead atoms. The molecule has 0 radical (unpaired) electrons.